The van der Waals surface area contributed by atoms with Crippen molar-refractivity contribution in [1.29, 1.82) is 0 Å². The number of ether oxygens (including phenoxy) is 3. The molecule has 0 fully saturated rings. The highest BCUT2D eigenvalue weighted by Gasteiger charge is 2.19. The maximum absolute atomic E-state index is 12.9. The molecule has 0 aliphatic heterocycles. The van der Waals surface area contributed by atoms with Gasteiger partial charge in [0.1, 0.15) is 13.2 Å². The monoisotopic (exact) mass is 1140 g/mol. The number of carbonyl (C=O) groups is 3. The molecule has 0 saturated carbocycles. The van der Waals surface area contributed by atoms with Gasteiger partial charge in [-0.05, 0) is 83.5 Å². The second kappa shape index (κ2) is 70.1. The highest BCUT2D eigenvalue weighted by molar-refractivity contribution is 5.71. The van der Waals surface area contributed by atoms with Crippen LogP contribution < -0.4 is 0 Å². The third kappa shape index (κ3) is 67.4. The molecule has 0 bridgehead atoms. The average molecular weight is 1140 g/mol. The summed E-state index contributed by atoms with van der Waals surface area (Å²) in [6.45, 7) is 6.50. The Labute approximate surface area is 509 Å². The molecule has 82 heavy (non-hydrogen) atoms. The van der Waals surface area contributed by atoms with Crippen LogP contribution in [-0.4, -0.2) is 37.2 Å². The van der Waals surface area contributed by atoms with Crippen LogP contribution in [0.4, 0.5) is 0 Å². The summed E-state index contributed by atoms with van der Waals surface area (Å²) < 4.78 is 16.9. The van der Waals surface area contributed by atoms with Crippen LogP contribution in [0.25, 0.3) is 0 Å². The van der Waals surface area contributed by atoms with E-state index in [1.165, 1.54) is 238 Å². The molecule has 474 valence electrons. The molecule has 0 heterocycles. The van der Waals surface area contributed by atoms with E-state index in [1.807, 2.05) is 6.08 Å². The third-order valence-corrected chi connectivity index (χ3v) is 15.6. The van der Waals surface area contributed by atoms with Crippen LogP contribution in [0.5, 0.6) is 0 Å². The van der Waals surface area contributed by atoms with Crippen molar-refractivity contribution in [3.63, 3.8) is 0 Å². The van der Waals surface area contributed by atoms with E-state index in [4.69, 9.17) is 14.2 Å². The quantitative estimate of drug-likeness (QED) is 0.0261. The molecule has 0 aromatic rings. The van der Waals surface area contributed by atoms with Gasteiger partial charge in [-0.3, -0.25) is 14.4 Å². The minimum absolute atomic E-state index is 0.0944. The van der Waals surface area contributed by atoms with Crippen LogP contribution in [0.1, 0.15) is 361 Å². The van der Waals surface area contributed by atoms with Crippen molar-refractivity contribution in [2.45, 2.75) is 367 Å². The summed E-state index contributed by atoms with van der Waals surface area (Å²) in [6, 6.07) is 0. The number of unbranched alkanes of at least 4 members (excludes halogenated alkanes) is 40. The number of hydrogen-bond acceptors (Lipinski definition) is 6. The van der Waals surface area contributed by atoms with Gasteiger partial charge < -0.3 is 14.2 Å². The van der Waals surface area contributed by atoms with E-state index >= 15 is 0 Å². The molecular weight excluding hydrogens is 1010 g/mol. The molecule has 0 aromatic carbocycles. The fourth-order valence-corrected chi connectivity index (χ4v) is 10.4. The van der Waals surface area contributed by atoms with E-state index in [0.29, 0.717) is 19.3 Å². The summed E-state index contributed by atoms with van der Waals surface area (Å²) in [7, 11) is 0. The largest absolute Gasteiger partial charge is 0.462 e. The molecule has 0 saturated heterocycles. The molecule has 0 N–H and O–H groups in total. The Morgan fingerprint density at radius 2 is 0.500 bits per heavy atom. The average Bonchev–Trinajstić information content (AvgIpc) is 3.47. The smallest absolute Gasteiger partial charge is 0.306 e. The van der Waals surface area contributed by atoms with Crippen molar-refractivity contribution < 1.29 is 28.6 Å². The van der Waals surface area contributed by atoms with Crippen LogP contribution in [-0.2, 0) is 28.6 Å². The molecule has 6 nitrogen and oxygen atoms in total. The fraction of sp³-hybridized carbons (Fsp3) is 0.776. The first kappa shape index (κ1) is 78.6. The van der Waals surface area contributed by atoms with Gasteiger partial charge in [-0.25, -0.2) is 0 Å². The summed E-state index contributed by atoms with van der Waals surface area (Å²) in [5.41, 5.74) is 0. The first-order valence-corrected chi connectivity index (χ1v) is 35.6. The van der Waals surface area contributed by atoms with Gasteiger partial charge in [0, 0.05) is 19.3 Å². The van der Waals surface area contributed by atoms with Crippen molar-refractivity contribution >= 4 is 17.9 Å². The molecule has 0 aliphatic rings. The minimum Gasteiger partial charge on any atom is -0.462 e. The van der Waals surface area contributed by atoms with E-state index in [0.717, 1.165) is 77.0 Å². The lowest BCUT2D eigenvalue weighted by molar-refractivity contribution is -0.166. The van der Waals surface area contributed by atoms with Gasteiger partial charge in [0.05, 0.1) is 0 Å². The van der Waals surface area contributed by atoms with Gasteiger partial charge in [-0.2, -0.15) is 0 Å². The Bertz CT molecular complexity index is 1550. The van der Waals surface area contributed by atoms with E-state index in [1.54, 1.807) is 0 Å². The lowest BCUT2D eigenvalue weighted by Crippen LogP contribution is -2.30. The summed E-state index contributed by atoms with van der Waals surface area (Å²) >= 11 is 0. The lowest BCUT2D eigenvalue weighted by atomic mass is 10.0. The van der Waals surface area contributed by atoms with E-state index in [9.17, 15) is 14.4 Å². The Kier molecular flexibility index (Phi) is 67.2. The van der Waals surface area contributed by atoms with Gasteiger partial charge in [-0.1, -0.05) is 343 Å². The van der Waals surface area contributed by atoms with Crippen molar-refractivity contribution in [3.05, 3.63) is 85.1 Å². The van der Waals surface area contributed by atoms with Crippen LogP contribution >= 0.6 is 0 Å². The maximum Gasteiger partial charge on any atom is 0.306 e. The first-order valence-electron chi connectivity index (χ1n) is 35.6. The molecule has 0 spiro atoms. The van der Waals surface area contributed by atoms with Gasteiger partial charge >= 0.3 is 17.9 Å². The molecular formula is C76H134O6. The summed E-state index contributed by atoms with van der Waals surface area (Å²) in [6.07, 6.45) is 93.5. The molecule has 1 atom stereocenters. The van der Waals surface area contributed by atoms with Crippen molar-refractivity contribution in [2.75, 3.05) is 13.2 Å². The lowest BCUT2D eigenvalue weighted by Gasteiger charge is -2.18. The summed E-state index contributed by atoms with van der Waals surface area (Å²) in [4.78, 5) is 38.3. The summed E-state index contributed by atoms with van der Waals surface area (Å²) in [5, 5.41) is 0. The fourth-order valence-electron chi connectivity index (χ4n) is 10.4. The predicted octanol–water partition coefficient (Wildman–Crippen LogP) is 24.6. The SMILES string of the molecule is CC/C=C\C/C=C\C/C=C\C/C=C\CCC(=O)OCC(COC(=O)CCCCCCCCCCCCCCCCCC/C=C\C/C=C\C/C=C\CCCCCCC)OC(=O)CCCCCCCCCCCCCCCCCCCCCC. The molecule has 0 radical (unpaired) electrons. The standard InChI is InChI=1S/C76H134O6/c1-4-7-10-13-16-19-22-25-27-29-31-33-34-35-36-37-38-39-40-41-42-43-45-46-48-51-54-57-60-63-66-69-75(78)81-72-73(71-80-74(77)68-65-62-59-56-53-50-24-21-18-15-12-9-6-3)82-76(79)70-67-64-61-58-55-52-49-47-44-32-30-28-26-23-20-17-14-11-8-5-2/h9,12,18,21-22,25,29,31,34-35,50,53,59,62,73H,4-8,10-11,13-17,19-20,23-24,26-28,30,32-33,36-49,51-52,54-58,60-61,63-72H2,1-3H3/b12-9-,21-18-,25-22-,31-29-,35-34-,53-50-,62-59-. The Balaban J connectivity index is 4.23. The molecule has 0 rings (SSSR count). The van der Waals surface area contributed by atoms with E-state index in [-0.39, 0.29) is 37.5 Å². The second-order valence-electron chi connectivity index (χ2n) is 23.8. The molecule has 0 aromatic heterocycles. The zero-order valence-electron chi connectivity index (χ0n) is 54.5. The number of esters is 3. The van der Waals surface area contributed by atoms with Crippen LogP contribution in [0.2, 0.25) is 0 Å². The topological polar surface area (TPSA) is 78.9 Å². The highest BCUT2D eigenvalue weighted by Crippen LogP contribution is 2.18. The third-order valence-electron chi connectivity index (χ3n) is 15.6. The van der Waals surface area contributed by atoms with Gasteiger partial charge in [0.25, 0.3) is 0 Å². The van der Waals surface area contributed by atoms with Crippen molar-refractivity contribution in [2.24, 2.45) is 0 Å². The molecule has 6 heteroatoms. The highest BCUT2D eigenvalue weighted by atomic mass is 16.6. The molecule has 0 amide bonds. The zero-order chi connectivity index (χ0) is 59.2. The maximum atomic E-state index is 12.9. The van der Waals surface area contributed by atoms with Gasteiger partial charge in [0.15, 0.2) is 6.10 Å². The zero-order valence-corrected chi connectivity index (χ0v) is 54.5. The van der Waals surface area contributed by atoms with Crippen LogP contribution in [0, 0.1) is 0 Å². The van der Waals surface area contributed by atoms with Gasteiger partial charge in [0.2, 0.25) is 0 Å². The van der Waals surface area contributed by atoms with E-state index < -0.39 is 6.10 Å². The summed E-state index contributed by atoms with van der Waals surface area (Å²) in [5.74, 6) is -0.960. The van der Waals surface area contributed by atoms with Crippen LogP contribution in [0.3, 0.4) is 0 Å². The number of rotatable bonds is 65. The first-order chi connectivity index (χ1) is 40.5. The number of hydrogen-bond donors (Lipinski definition) is 0. The Hall–Kier alpha value is -3.41. The van der Waals surface area contributed by atoms with Crippen molar-refractivity contribution in [1.82, 2.24) is 0 Å². The van der Waals surface area contributed by atoms with Crippen LogP contribution in [0.15, 0.2) is 85.1 Å². The van der Waals surface area contributed by atoms with E-state index in [2.05, 4.69) is 99.8 Å². The van der Waals surface area contributed by atoms with Crippen molar-refractivity contribution in [3.8, 4) is 0 Å². The second-order valence-corrected chi connectivity index (χ2v) is 23.8. The normalized spacial score (nSPS) is 12.6. The van der Waals surface area contributed by atoms with Gasteiger partial charge in [-0.15, -0.1) is 0 Å². The predicted molar refractivity (Wildman–Crippen MR) is 358 cm³/mol. The number of carbonyl (C=O) groups excluding carboxylic acids is 3. The minimum atomic E-state index is -0.804. The Morgan fingerprint density at radius 1 is 0.256 bits per heavy atom. The number of allylic oxidation sites excluding steroid dienone is 14. The Morgan fingerprint density at radius 3 is 0.817 bits per heavy atom. The molecule has 1 unspecified atom stereocenters. The molecule has 0 aliphatic carbocycles.